The normalized spacial score (nSPS) is 14.4. The molecule has 2 aromatic rings. The van der Waals surface area contributed by atoms with Crippen LogP contribution in [0.2, 0.25) is 0 Å². The van der Waals surface area contributed by atoms with Crippen LogP contribution in [0.15, 0.2) is 38.9 Å². The van der Waals surface area contributed by atoms with E-state index in [0.717, 1.165) is 6.07 Å². The Bertz CT molecular complexity index is 945. The van der Waals surface area contributed by atoms with Gasteiger partial charge in [-0.2, -0.15) is 0 Å². The summed E-state index contributed by atoms with van der Waals surface area (Å²) in [4.78, 5) is 38.0. The molecule has 1 N–H and O–H groups in total. The zero-order valence-electron chi connectivity index (χ0n) is 11.4. The number of aromatic nitrogens is 1. The minimum absolute atomic E-state index is 0.00179. The molecule has 0 unspecified atom stereocenters. The average molecular weight is 320 g/mol. The van der Waals surface area contributed by atoms with E-state index in [0.29, 0.717) is 16.5 Å². The van der Waals surface area contributed by atoms with E-state index < -0.39 is 5.56 Å². The van der Waals surface area contributed by atoms with Crippen molar-refractivity contribution in [2.45, 2.75) is 0 Å². The number of carbonyl (C=O) groups is 1. The molecule has 1 aliphatic heterocycles. The van der Waals surface area contributed by atoms with Crippen molar-refractivity contribution in [1.29, 1.82) is 0 Å². The van der Waals surface area contributed by atoms with Crippen LogP contribution >= 0.6 is 11.6 Å². The first-order valence-corrected chi connectivity index (χ1v) is 6.70. The number of halogens is 1. The Balaban J connectivity index is 2.30. The smallest absolute Gasteiger partial charge is 0.290 e. The fourth-order valence-corrected chi connectivity index (χ4v) is 2.42. The summed E-state index contributed by atoms with van der Waals surface area (Å²) in [5.74, 6) is -0.150. The Morgan fingerprint density at radius 2 is 2.00 bits per heavy atom. The first kappa shape index (κ1) is 14.3. The maximum absolute atomic E-state index is 12.1. The van der Waals surface area contributed by atoms with Crippen LogP contribution < -0.4 is 15.7 Å². The van der Waals surface area contributed by atoms with Gasteiger partial charge in [0.25, 0.3) is 5.56 Å². The van der Waals surface area contributed by atoms with Crippen molar-refractivity contribution in [1.82, 2.24) is 4.98 Å². The van der Waals surface area contributed by atoms with Gasteiger partial charge in [-0.1, -0.05) is 17.7 Å². The van der Waals surface area contributed by atoms with E-state index in [1.54, 1.807) is 6.07 Å². The number of aromatic amines is 1. The van der Waals surface area contributed by atoms with Gasteiger partial charge in [-0.05, 0) is 12.1 Å². The van der Waals surface area contributed by atoms with Crippen molar-refractivity contribution < 1.29 is 14.3 Å². The molecule has 1 aromatic carbocycles. The molecule has 0 aliphatic carbocycles. The van der Waals surface area contributed by atoms with E-state index in [2.05, 4.69) is 4.98 Å². The summed E-state index contributed by atoms with van der Waals surface area (Å²) in [6, 6.07) is 5.80. The molecule has 0 spiro atoms. The Morgan fingerprint density at radius 3 is 2.64 bits per heavy atom. The number of hydrogen-bond donors (Lipinski definition) is 1. The molecule has 1 aliphatic rings. The van der Waals surface area contributed by atoms with Crippen molar-refractivity contribution >= 4 is 34.0 Å². The fourth-order valence-electron chi connectivity index (χ4n) is 2.20. The standard InChI is InChI=1S/C15H10ClNO5/c1-21-12-5-10(18)8-3-2-7(4-9(8)17-15(12)20)14-13(16)11(19)6-22-14/h2-5H,6H2,1H3,(H,17,20). The molecule has 6 nitrogen and oxygen atoms in total. The molecule has 0 radical (unpaired) electrons. The molecule has 7 heteroatoms. The number of carbonyl (C=O) groups excluding carboxylic acids is 1. The summed E-state index contributed by atoms with van der Waals surface area (Å²) < 4.78 is 10.1. The van der Waals surface area contributed by atoms with Crippen LogP contribution in [0.25, 0.3) is 16.7 Å². The molecule has 0 atom stereocenters. The second-order valence-electron chi connectivity index (χ2n) is 4.65. The van der Waals surface area contributed by atoms with Gasteiger partial charge in [-0.3, -0.25) is 14.4 Å². The first-order valence-electron chi connectivity index (χ1n) is 6.33. The fraction of sp³-hybridized carbons (Fsp3) is 0.133. The molecule has 0 saturated heterocycles. The topological polar surface area (TPSA) is 85.5 Å². The third-order valence-electron chi connectivity index (χ3n) is 3.29. The summed E-state index contributed by atoms with van der Waals surface area (Å²) in [7, 11) is 1.31. The molecule has 112 valence electrons. The number of ether oxygens (including phenoxy) is 2. The lowest BCUT2D eigenvalue weighted by Crippen LogP contribution is -2.05. The third kappa shape index (κ3) is 2.27. The third-order valence-corrected chi connectivity index (χ3v) is 3.68. The number of rotatable bonds is 2. The summed E-state index contributed by atoms with van der Waals surface area (Å²) in [6.45, 7) is -0.119. The van der Waals surface area contributed by atoms with Gasteiger partial charge in [0.15, 0.2) is 17.8 Å². The zero-order valence-corrected chi connectivity index (χ0v) is 12.2. The van der Waals surface area contributed by atoms with Crippen LogP contribution in [-0.4, -0.2) is 24.5 Å². The Labute approximate surface area is 128 Å². The lowest BCUT2D eigenvalue weighted by molar-refractivity contribution is -0.115. The molecule has 0 fully saturated rings. The van der Waals surface area contributed by atoms with Gasteiger partial charge in [0, 0.05) is 17.0 Å². The number of ketones is 1. The number of Topliss-reactive ketones (excluding diaryl/α,β-unsaturated/α-hetero) is 1. The van der Waals surface area contributed by atoms with Gasteiger partial charge in [0.1, 0.15) is 10.8 Å². The molecule has 0 bridgehead atoms. The lowest BCUT2D eigenvalue weighted by Gasteiger charge is -2.03. The highest BCUT2D eigenvalue weighted by atomic mass is 35.5. The van der Waals surface area contributed by atoms with Gasteiger partial charge >= 0.3 is 0 Å². The van der Waals surface area contributed by atoms with Crippen molar-refractivity contribution in [2.24, 2.45) is 0 Å². The number of fused-ring (bicyclic) bond motifs is 1. The van der Waals surface area contributed by atoms with Gasteiger partial charge in [-0.25, -0.2) is 0 Å². The quantitative estimate of drug-likeness (QED) is 0.904. The van der Waals surface area contributed by atoms with Crippen LogP contribution in [0.3, 0.4) is 0 Å². The van der Waals surface area contributed by atoms with Crippen LogP contribution in [0, 0.1) is 0 Å². The average Bonchev–Trinajstić information content (AvgIpc) is 2.77. The highest BCUT2D eigenvalue weighted by Gasteiger charge is 2.24. The number of nitrogens with one attached hydrogen (secondary N) is 1. The van der Waals surface area contributed by atoms with Gasteiger partial charge in [-0.15, -0.1) is 0 Å². The predicted molar refractivity (Wildman–Crippen MR) is 81.1 cm³/mol. The van der Waals surface area contributed by atoms with E-state index in [4.69, 9.17) is 21.1 Å². The van der Waals surface area contributed by atoms with E-state index in [9.17, 15) is 14.4 Å². The summed E-state index contributed by atoms with van der Waals surface area (Å²) >= 11 is 5.90. The molecule has 3 rings (SSSR count). The number of H-pyrrole nitrogens is 1. The van der Waals surface area contributed by atoms with E-state index in [1.807, 2.05) is 0 Å². The highest BCUT2D eigenvalue weighted by Crippen LogP contribution is 2.29. The second-order valence-corrected chi connectivity index (χ2v) is 5.02. The molecule has 2 heterocycles. The van der Waals surface area contributed by atoms with E-state index in [-0.39, 0.29) is 34.4 Å². The van der Waals surface area contributed by atoms with Gasteiger partial charge in [0.05, 0.1) is 12.6 Å². The van der Waals surface area contributed by atoms with Crippen LogP contribution in [-0.2, 0) is 9.53 Å². The lowest BCUT2D eigenvalue weighted by atomic mass is 10.1. The molecule has 22 heavy (non-hydrogen) atoms. The zero-order chi connectivity index (χ0) is 15.9. The summed E-state index contributed by atoms with van der Waals surface area (Å²) in [5.41, 5.74) is -0.0882. The minimum Gasteiger partial charge on any atom is -0.491 e. The van der Waals surface area contributed by atoms with Crippen molar-refractivity contribution in [2.75, 3.05) is 13.7 Å². The van der Waals surface area contributed by atoms with Crippen LogP contribution in [0.1, 0.15) is 5.56 Å². The van der Waals surface area contributed by atoms with Crippen molar-refractivity contribution in [3.63, 3.8) is 0 Å². The Morgan fingerprint density at radius 1 is 1.23 bits per heavy atom. The van der Waals surface area contributed by atoms with Crippen LogP contribution in [0.4, 0.5) is 0 Å². The molecule has 1 aromatic heterocycles. The molecular weight excluding hydrogens is 310 g/mol. The Hall–Kier alpha value is -2.60. The number of methoxy groups -OCH3 is 1. The molecule has 0 saturated carbocycles. The molecular formula is C15H10ClNO5. The maximum Gasteiger partial charge on any atom is 0.290 e. The van der Waals surface area contributed by atoms with E-state index >= 15 is 0 Å². The minimum atomic E-state index is -0.532. The highest BCUT2D eigenvalue weighted by molar-refractivity contribution is 6.46. The summed E-state index contributed by atoms with van der Waals surface area (Å²) in [5, 5.41) is 0.312. The monoisotopic (exact) mass is 319 g/mol. The number of hydrogen-bond acceptors (Lipinski definition) is 5. The van der Waals surface area contributed by atoms with Gasteiger partial charge in [0.2, 0.25) is 5.78 Å². The maximum atomic E-state index is 12.1. The first-order chi connectivity index (χ1) is 10.5. The van der Waals surface area contributed by atoms with Gasteiger partial charge < -0.3 is 14.5 Å². The van der Waals surface area contributed by atoms with Crippen molar-refractivity contribution in [3.05, 3.63) is 55.4 Å². The Kier molecular flexibility index (Phi) is 3.46. The van der Waals surface area contributed by atoms with Crippen molar-refractivity contribution in [3.8, 4) is 5.75 Å². The van der Waals surface area contributed by atoms with Crippen LogP contribution in [0.5, 0.6) is 5.75 Å². The molecule has 0 amide bonds. The predicted octanol–water partition coefficient (Wildman–Crippen LogP) is 1.40. The summed E-state index contributed by atoms with van der Waals surface area (Å²) in [6.07, 6.45) is 0. The SMILES string of the molecule is COc1cc(=O)c2ccc(C3=C(Cl)C(=O)CO3)cc2[nH]c1=O. The van der Waals surface area contributed by atoms with E-state index in [1.165, 1.54) is 19.2 Å². The largest absolute Gasteiger partial charge is 0.491 e. The second kappa shape index (κ2) is 5.31. The number of benzene rings is 1.